The average Bonchev–Trinajstić information content (AvgIpc) is 2.91. The maximum absolute atomic E-state index is 12.5. The maximum atomic E-state index is 12.5. The van der Waals surface area contributed by atoms with Gasteiger partial charge in [0.1, 0.15) is 12.2 Å². The molecular weight excluding hydrogens is 378 g/mol. The van der Waals surface area contributed by atoms with Crippen molar-refractivity contribution in [2.75, 3.05) is 6.61 Å². The number of allylic oxidation sites excluding steroid dienone is 1. The van der Waals surface area contributed by atoms with Crippen LogP contribution in [0.1, 0.15) is 53.4 Å². The van der Waals surface area contributed by atoms with E-state index in [1.54, 1.807) is 20.8 Å². The van der Waals surface area contributed by atoms with Gasteiger partial charge in [0, 0.05) is 12.8 Å². The summed E-state index contributed by atoms with van der Waals surface area (Å²) in [5.74, 6) is -3.34. The van der Waals surface area contributed by atoms with Crippen LogP contribution in [0.15, 0.2) is 11.6 Å². The van der Waals surface area contributed by atoms with Gasteiger partial charge in [-0.25, -0.2) is 4.79 Å². The fraction of sp³-hybridized carbons (Fsp3) is 0.714. The molecule has 1 heterocycles. The van der Waals surface area contributed by atoms with E-state index in [1.807, 2.05) is 6.08 Å². The van der Waals surface area contributed by atoms with Crippen LogP contribution in [0.4, 0.5) is 4.79 Å². The normalized spacial score (nSPS) is 29.7. The van der Waals surface area contributed by atoms with Crippen LogP contribution in [0.5, 0.6) is 0 Å². The van der Waals surface area contributed by atoms with Gasteiger partial charge in [0.05, 0.1) is 17.9 Å². The average molecular weight is 407 g/mol. The second-order valence-electron chi connectivity index (χ2n) is 9.02. The smallest absolute Gasteiger partial charge is 0.408 e. The first kappa shape index (κ1) is 21.3. The highest BCUT2D eigenvalue weighted by Gasteiger charge is 2.56. The molecule has 1 saturated carbocycles. The molecule has 3 aliphatic rings. The lowest BCUT2D eigenvalue weighted by molar-refractivity contribution is -0.154. The fourth-order valence-electron chi connectivity index (χ4n) is 4.65. The van der Waals surface area contributed by atoms with Crippen molar-refractivity contribution in [3.05, 3.63) is 11.6 Å². The molecule has 1 aliphatic heterocycles. The summed E-state index contributed by atoms with van der Waals surface area (Å²) >= 11 is 0. The van der Waals surface area contributed by atoms with Crippen LogP contribution in [-0.2, 0) is 28.6 Å². The Morgan fingerprint density at radius 3 is 2.55 bits per heavy atom. The van der Waals surface area contributed by atoms with Crippen molar-refractivity contribution in [1.82, 2.24) is 5.32 Å². The summed E-state index contributed by atoms with van der Waals surface area (Å²) in [7, 11) is 0. The molecule has 160 valence electrons. The van der Waals surface area contributed by atoms with Crippen molar-refractivity contribution in [2.24, 2.45) is 23.7 Å². The van der Waals surface area contributed by atoms with Gasteiger partial charge in [-0.05, 0) is 46.0 Å². The van der Waals surface area contributed by atoms with Gasteiger partial charge < -0.3 is 19.5 Å². The molecule has 0 aromatic carbocycles. The Balaban J connectivity index is 1.91. The van der Waals surface area contributed by atoms with Crippen molar-refractivity contribution in [3.8, 4) is 0 Å². The second-order valence-corrected chi connectivity index (χ2v) is 9.02. The number of amides is 1. The molecule has 29 heavy (non-hydrogen) atoms. The van der Waals surface area contributed by atoms with Gasteiger partial charge in [-0.2, -0.15) is 0 Å². The Labute approximate surface area is 170 Å². The summed E-state index contributed by atoms with van der Waals surface area (Å²) in [5.41, 5.74) is 0.410. The molecule has 1 amide bonds. The first-order valence-electron chi connectivity index (χ1n) is 10.2. The van der Waals surface area contributed by atoms with Crippen molar-refractivity contribution in [2.45, 2.75) is 65.0 Å². The fourth-order valence-corrected chi connectivity index (χ4v) is 4.65. The number of carbonyl (C=O) groups is 4. The van der Waals surface area contributed by atoms with Crippen LogP contribution in [0, 0.1) is 23.7 Å². The third-order valence-electron chi connectivity index (χ3n) is 5.73. The zero-order chi connectivity index (χ0) is 21.3. The Bertz CT molecular complexity index is 736. The molecule has 2 aliphatic carbocycles. The third kappa shape index (κ3) is 4.79. The van der Waals surface area contributed by atoms with E-state index < -0.39 is 53.4 Å². The number of fused-ring (bicyclic) bond motifs is 3. The molecule has 0 aromatic rings. The minimum Gasteiger partial charge on any atom is -0.464 e. The molecule has 0 spiro atoms. The predicted molar refractivity (Wildman–Crippen MR) is 101 cm³/mol. The number of hydrogen-bond acceptors (Lipinski definition) is 7. The molecule has 5 atom stereocenters. The van der Waals surface area contributed by atoms with Crippen molar-refractivity contribution in [3.63, 3.8) is 0 Å². The molecule has 0 bridgehead atoms. The molecule has 0 unspecified atom stereocenters. The molecule has 2 fully saturated rings. The van der Waals surface area contributed by atoms with Crippen LogP contribution >= 0.6 is 0 Å². The summed E-state index contributed by atoms with van der Waals surface area (Å²) in [6, 6.07) is -0.713. The van der Waals surface area contributed by atoms with Crippen LogP contribution in [0.3, 0.4) is 0 Å². The number of carbonyl (C=O) groups excluding carboxylic acids is 4. The van der Waals surface area contributed by atoms with Crippen molar-refractivity contribution < 1.29 is 33.4 Å². The minimum absolute atomic E-state index is 0.000137. The quantitative estimate of drug-likeness (QED) is 0.330. The lowest BCUT2D eigenvalue weighted by atomic mass is 9.62. The van der Waals surface area contributed by atoms with E-state index >= 15 is 0 Å². The molecule has 3 rings (SSSR count). The van der Waals surface area contributed by atoms with E-state index in [0.29, 0.717) is 0 Å². The zero-order valence-corrected chi connectivity index (χ0v) is 17.4. The molecule has 1 saturated heterocycles. The first-order chi connectivity index (χ1) is 13.6. The Kier molecular flexibility index (Phi) is 6.00. The Morgan fingerprint density at radius 1 is 1.21 bits per heavy atom. The van der Waals surface area contributed by atoms with Gasteiger partial charge in [-0.1, -0.05) is 18.1 Å². The highest BCUT2D eigenvalue weighted by atomic mass is 16.6. The van der Waals surface area contributed by atoms with E-state index in [1.165, 1.54) is 6.92 Å². The summed E-state index contributed by atoms with van der Waals surface area (Å²) in [6.45, 7) is 6.37. The van der Waals surface area contributed by atoms with Gasteiger partial charge in [0.2, 0.25) is 0 Å². The van der Waals surface area contributed by atoms with Gasteiger partial charge in [-0.15, -0.1) is 0 Å². The topological polar surface area (TPSA) is 108 Å². The molecule has 0 aromatic heterocycles. The van der Waals surface area contributed by atoms with E-state index in [9.17, 15) is 19.2 Å². The predicted octanol–water partition coefficient (Wildman–Crippen LogP) is 2.50. The minimum atomic E-state index is -0.713. The van der Waals surface area contributed by atoms with E-state index in [0.717, 1.165) is 31.3 Å². The van der Waals surface area contributed by atoms with Gasteiger partial charge >= 0.3 is 24.0 Å². The zero-order valence-electron chi connectivity index (χ0n) is 17.4. The maximum Gasteiger partial charge on any atom is 0.408 e. The lowest BCUT2D eigenvalue weighted by Crippen LogP contribution is -2.51. The largest absolute Gasteiger partial charge is 0.464 e. The molecule has 8 nitrogen and oxygen atoms in total. The summed E-state index contributed by atoms with van der Waals surface area (Å²) in [4.78, 5) is 48.8. The summed E-state index contributed by atoms with van der Waals surface area (Å²) in [6.07, 6.45) is 5.02. The number of ether oxygens (including phenoxy) is 3. The van der Waals surface area contributed by atoms with Crippen molar-refractivity contribution >= 4 is 24.0 Å². The Hall–Kier alpha value is -2.38. The summed E-state index contributed by atoms with van der Waals surface area (Å²) < 4.78 is 15.5. The third-order valence-corrected chi connectivity index (χ3v) is 5.73. The molecule has 8 heteroatoms. The van der Waals surface area contributed by atoms with E-state index in [4.69, 9.17) is 14.2 Å². The number of nitrogens with one attached hydrogen (secondary N) is 1. The van der Waals surface area contributed by atoms with Gasteiger partial charge in [-0.3, -0.25) is 14.4 Å². The Morgan fingerprint density at radius 2 is 1.90 bits per heavy atom. The number of esters is 3. The highest BCUT2D eigenvalue weighted by molar-refractivity contribution is 5.97. The first-order valence-corrected chi connectivity index (χ1v) is 10.2. The van der Waals surface area contributed by atoms with E-state index in [2.05, 4.69) is 5.32 Å². The summed E-state index contributed by atoms with van der Waals surface area (Å²) in [5, 5.41) is 2.74. The number of hydrogen-bond donors (Lipinski definition) is 1. The van der Waals surface area contributed by atoms with Crippen LogP contribution in [0.25, 0.3) is 0 Å². The van der Waals surface area contributed by atoms with Gasteiger partial charge in [0.25, 0.3) is 0 Å². The van der Waals surface area contributed by atoms with Crippen molar-refractivity contribution in [1.29, 1.82) is 0 Å². The number of cyclic esters (lactones) is 2. The van der Waals surface area contributed by atoms with Crippen LogP contribution < -0.4 is 5.32 Å². The SMILES string of the molecule is CC(=O)OC[C@@H](NC(=O)OC(C)(C)C)[C@@H]1C=C2CCCC[C@@H]2[C@@H]2C(=O)OC(=O)[C@H]12. The second kappa shape index (κ2) is 8.16. The molecular formula is C21H29NO7. The number of alkyl carbamates (subject to hydrolysis) is 1. The van der Waals surface area contributed by atoms with E-state index in [-0.39, 0.29) is 12.5 Å². The monoisotopic (exact) mass is 407 g/mol. The number of rotatable bonds is 4. The molecule has 0 radical (unpaired) electrons. The lowest BCUT2D eigenvalue weighted by Gasteiger charge is -2.40. The highest BCUT2D eigenvalue weighted by Crippen LogP contribution is 2.49. The molecule has 1 N–H and O–H groups in total. The van der Waals surface area contributed by atoms with Crippen LogP contribution in [-0.4, -0.2) is 42.3 Å². The van der Waals surface area contributed by atoms with Gasteiger partial charge in [0.15, 0.2) is 0 Å². The standard InChI is InChI=1S/C21H29NO7/c1-11(23)27-10-15(22-20(26)29-21(2,3)4)14-9-12-7-5-6-8-13(12)16-17(14)19(25)28-18(16)24/h9,13-17H,5-8,10H2,1-4H3,(H,22,26)/t13-,14-,15+,16-,17+/m0/s1. The van der Waals surface area contributed by atoms with Crippen LogP contribution in [0.2, 0.25) is 0 Å².